The zero-order chi connectivity index (χ0) is 17.1. The lowest BCUT2D eigenvalue weighted by Crippen LogP contribution is -2.39. The normalized spacial score (nSPS) is 27.8. The van der Waals surface area contributed by atoms with Gasteiger partial charge in [-0.2, -0.15) is 5.06 Å². The van der Waals surface area contributed by atoms with Crippen LogP contribution in [-0.4, -0.2) is 46.4 Å². The van der Waals surface area contributed by atoms with Crippen LogP contribution in [-0.2, 0) is 17.9 Å². The first-order valence-electron chi connectivity index (χ1n) is 9.19. The smallest absolute Gasteiger partial charge is 0.0962 e. The van der Waals surface area contributed by atoms with Crippen LogP contribution in [0.3, 0.4) is 0 Å². The van der Waals surface area contributed by atoms with Gasteiger partial charge in [-0.15, -0.1) is 0 Å². The first kappa shape index (κ1) is 16.7. The number of aliphatic hydroxyl groups excluding tert-OH is 1. The van der Waals surface area contributed by atoms with E-state index in [1.807, 2.05) is 12.1 Å². The van der Waals surface area contributed by atoms with Gasteiger partial charge in [0.05, 0.1) is 12.2 Å². The van der Waals surface area contributed by atoms with E-state index in [9.17, 15) is 5.11 Å². The Bertz CT molecular complexity index is 664. The van der Waals surface area contributed by atoms with E-state index in [4.69, 9.17) is 4.84 Å². The van der Waals surface area contributed by atoms with E-state index in [1.165, 1.54) is 11.1 Å². The molecule has 0 saturated carbocycles. The van der Waals surface area contributed by atoms with Crippen molar-refractivity contribution in [2.24, 2.45) is 0 Å². The first-order chi connectivity index (χ1) is 12.3. The number of hydroxylamine groups is 2. The van der Waals surface area contributed by atoms with Crippen LogP contribution < -0.4 is 0 Å². The van der Waals surface area contributed by atoms with Gasteiger partial charge in [0.15, 0.2) is 0 Å². The third-order valence-electron chi connectivity index (χ3n) is 5.23. The minimum Gasteiger partial charge on any atom is -0.392 e. The Morgan fingerprint density at radius 1 is 0.920 bits per heavy atom. The van der Waals surface area contributed by atoms with Crippen LogP contribution >= 0.6 is 0 Å². The zero-order valence-electron chi connectivity index (χ0n) is 14.5. The summed E-state index contributed by atoms with van der Waals surface area (Å²) in [4.78, 5) is 8.63. The molecule has 4 heteroatoms. The van der Waals surface area contributed by atoms with Gasteiger partial charge in [-0.3, -0.25) is 9.74 Å². The Kier molecular flexibility index (Phi) is 5.13. The highest BCUT2D eigenvalue weighted by Crippen LogP contribution is 2.30. The molecular weight excluding hydrogens is 312 g/mol. The number of aliphatic hydroxyl groups is 1. The maximum atomic E-state index is 10.2. The Hall–Kier alpha value is -1.72. The number of benzene rings is 2. The summed E-state index contributed by atoms with van der Waals surface area (Å²) in [7, 11) is 0. The van der Waals surface area contributed by atoms with Crippen molar-refractivity contribution >= 4 is 0 Å². The molecule has 0 unspecified atom stereocenters. The molecule has 4 rings (SSSR count). The van der Waals surface area contributed by atoms with Gasteiger partial charge in [-0.25, -0.2) is 0 Å². The van der Waals surface area contributed by atoms with Gasteiger partial charge in [-0.1, -0.05) is 60.7 Å². The minimum atomic E-state index is -0.250. The van der Waals surface area contributed by atoms with E-state index in [1.54, 1.807) is 0 Å². The molecular formula is C21H26N2O2. The Labute approximate surface area is 149 Å². The van der Waals surface area contributed by atoms with E-state index in [0.717, 1.165) is 39.0 Å². The van der Waals surface area contributed by atoms with Gasteiger partial charge in [0.25, 0.3) is 0 Å². The summed E-state index contributed by atoms with van der Waals surface area (Å²) in [5.74, 6) is 0. The topological polar surface area (TPSA) is 35.9 Å². The molecule has 2 fully saturated rings. The second kappa shape index (κ2) is 7.67. The van der Waals surface area contributed by atoms with E-state index >= 15 is 0 Å². The van der Waals surface area contributed by atoms with Crippen LogP contribution in [0.15, 0.2) is 60.7 Å². The highest BCUT2D eigenvalue weighted by atomic mass is 16.7. The second-order valence-electron chi connectivity index (χ2n) is 7.15. The van der Waals surface area contributed by atoms with Crippen LogP contribution in [0.25, 0.3) is 0 Å². The fourth-order valence-corrected chi connectivity index (χ4v) is 4.03. The van der Waals surface area contributed by atoms with E-state index < -0.39 is 0 Å². The summed E-state index contributed by atoms with van der Waals surface area (Å²) < 4.78 is 0. The zero-order valence-corrected chi connectivity index (χ0v) is 14.5. The average molecular weight is 338 g/mol. The molecule has 132 valence electrons. The van der Waals surface area contributed by atoms with Gasteiger partial charge in [0.1, 0.15) is 0 Å². The van der Waals surface area contributed by atoms with Crippen molar-refractivity contribution in [2.75, 3.05) is 13.1 Å². The Morgan fingerprint density at radius 3 is 2.24 bits per heavy atom. The summed E-state index contributed by atoms with van der Waals surface area (Å²) in [6, 6.07) is 21.2. The minimum absolute atomic E-state index is 0.171. The largest absolute Gasteiger partial charge is 0.392 e. The van der Waals surface area contributed by atoms with Crippen molar-refractivity contribution in [3.63, 3.8) is 0 Å². The van der Waals surface area contributed by atoms with Gasteiger partial charge < -0.3 is 5.11 Å². The molecule has 0 radical (unpaired) electrons. The molecule has 2 saturated heterocycles. The number of hydrogen-bond acceptors (Lipinski definition) is 4. The fraction of sp³-hybridized carbons (Fsp3) is 0.429. The van der Waals surface area contributed by atoms with Crippen molar-refractivity contribution in [1.29, 1.82) is 0 Å². The molecule has 4 nitrogen and oxygen atoms in total. The second-order valence-corrected chi connectivity index (χ2v) is 7.15. The summed E-state index contributed by atoms with van der Waals surface area (Å²) in [6.07, 6.45) is 1.75. The average Bonchev–Trinajstić information content (AvgIpc) is 3.23. The van der Waals surface area contributed by atoms with Crippen molar-refractivity contribution in [3.8, 4) is 0 Å². The van der Waals surface area contributed by atoms with Crippen LogP contribution in [0.5, 0.6) is 0 Å². The number of likely N-dealkylation sites (tertiary alicyclic amines) is 1. The quantitative estimate of drug-likeness (QED) is 0.909. The van der Waals surface area contributed by atoms with Crippen molar-refractivity contribution in [3.05, 3.63) is 71.8 Å². The molecule has 2 aliphatic rings. The van der Waals surface area contributed by atoms with Gasteiger partial charge in [0.2, 0.25) is 0 Å². The SMILES string of the molecule is O[C@@H]1C[C@@H]([C@H]2CCN(Cc3ccccc3)O2)N(Cc2ccccc2)C1. The van der Waals surface area contributed by atoms with E-state index in [-0.39, 0.29) is 18.2 Å². The maximum absolute atomic E-state index is 10.2. The van der Waals surface area contributed by atoms with Crippen LogP contribution in [0.4, 0.5) is 0 Å². The van der Waals surface area contributed by atoms with Crippen LogP contribution in [0, 0.1) is 0 Å². The summed E-state index contributed by atoms with van der Waals surface area (Å²) in [5.41, 5.74) is 2.57. The molecule has 25 heavy (non-hydrogen) atoms. The molecule has 2 heterocycles. The molecule has 2 aromatic carbocycles. The molecule has 0 spiro atoms. The molecule has 0 bridgehead atoms. The van der Waals surface area contributed by atoms with Crippen molar-refractivity contribution in [2.45, 2.75) is 44.2 Å². The lowest BCUT2D eigenvalue weighted by molar-refractivity contribution is -0.167. The van der Waals surface area contributed by atoms with Crippen molar-refractivity contribution in [1.82, 2.24) is 9.96 Å². The third kappa shape index (κ3) is 4.10. The third-order valence-corrected chi connectivity index (χ3v) is 5.23. The molecule has 0 amide bonds. The number of β-amino-alcohol motifs (C(OH)–C–C–N with tert-alkyl or cyclic N) is 1. The molecule has 0 aliphatic carbocycles. The molecule has 2 aliphatic heterocycles. The van der Waals surface area contributed by atoms with E-state index in [2.05, 4.69) is 58.5 Å². The number of rotatable bonds is 5. The van der Waals surface area contributed by atoms with Crippen molar-refractivity contribution < 1.29 is 9.94 Å². The van der Waals surface area contributed by atoms with Gasteiger partial charge in [-0.05, 0) is 24.0 Å². The highest BCUT2D eigenvalue weighted by Gasteiger charge is 2.40. The van der Waals surface area contributed by atoms with Crippen LogP contribution in [0.1, 0.15) is 24.0 Å². The summed E-state index contributed by atoms with van der Waals surface area (Å²) in [5, 5.41) is 12.3. The predicted molar refractivity (Wildman–Crippen MR) is 97.6 cm³/mol. The van der Waals surface area contributed by atoms with Gasteiger partial charge in [0, 0.05) is 32.2 Å². The Morgan fingerprint density at radius 2 is 1.56 bits per heavy atom. The monoisotopic (exact) mass is 338 g/mol. The molecule has 2 aromatic rings. The lowest BCUT2D eigenvalue weighted by Gasteiger charge is -2.28. The van der Waals surface area contributed by atoms with Gasteiger partial charge >= 0.3 is 0 Å². The number of hydrogen-bond donors (Lipinski definition) is 1. The molecule has 0 aromatic heterocycles. The maximum Gasteiger partial charge on any atom is 0.0962 e. The van der Waals surface area contributed by atoms with Crippen LogP contribution in [0.2, 0.25) is 0 Å². The number of nitrogens with zero attached hydrogens (tertiary/aromatic N) is 2. The molecule has 1 N–H and O–H groups in total. The lowest BCUT2D eigenvalue weighted by atomic mass is 10.0. The Balaban J connectivity index is 1.38. The highest BCUT2D eigenvalue weighted by molar-refractivity contribution is 5.16. The first-order valence-corrected chi connectivity index (χ1v) is 9.19. The fourth-order valence-electron chi connectivity index (χ4n) is 4.03. The molecule has 3 atom stereocenters. The summed E-state index contributed by atoms with van der Waals surface area (Å²) >= 11 is 0. The summed E-state index contributed by atoms with van der Waals surface area (Å²) in [6.45, 7) is 3.38. The standard InChI is InChI=1S/C21H26N2O2/c24-19-13-20(22(16-19)14-17-7-3-1-4-8-17)21-11-12-23(25-21)15-18-9-5-2-6-10-18/h1-10,19-21,24H,11-16H2/t19-,20+,21-/m1/s1. The van der Waals surface area contributed by atoms with E-state index in [0.29, 0.717) is 0 Å². The predicted octanol–water partition coefficient (Wildman–Crippen LogP) is 2.83.